The second-order valence-electron chi connectivity index (χ2n) is 5.64. The molecule has 3 heterocycles. The molecular formula is C15H15N5O7S2. The van der Waals surface area contributed by atoms with Crippen molar-refractivity contribution < 1.29 is 33.9 Å². The van der Waals surface area contributed by atoms with E-state index in [1.165, 1.54) is 30.3 Å². The summed E-state index contributed by atoms with van der Waals surface area (Å²) in [6.45, 7) is -0.816. The van der Waals surface area contributed by atoms with Gasteiger partial charge >= 0.3 is 11.9 Å². The van der Waals surface area contributed by atoms with E-state index < -0.39 is 41.8 Å². The van der Waals surface area contributed by atoms with Crippen LogP contribution in [0.5, 0.6) is 0 Å². The maximum absolute atomic E-state index is 12.6. The molecule has 1 unspecified atom stereocenters. The van der Waals surface area contributed by atoms with Gasteiger partial charge in [0.2, 0.25) is 0 Å². The number of fused-ring (bicyclic) bond motifs is 1. The molecular weight excluding hydrogens is 426 g/mol. The van der Waals surface area contributed by atoms with E-state index in [4.69, 9.17) is 10.8 Å². The van der Waals surface area contributed by atoms with Gasteiger partial charge in [-0.15, -0.1) is 23.1 Å². The molecule has 2 aliphatic heterocycles. The molecule has 3 rings (SSSR count). The number of thioether (sulfide) groups is 1. The Balaban J connectivity index is 1.69. The molecule has 2 atom stereocenters. The lowest BCUT2D eigenvalue weighted by atomic mass is 10.0. The number of hydrogen-bond donors (Lipinski definition) is 3. The highest BCUT2D eigenvalue weighted by Gasteiger charge is 2.53. The van der Waals surface area contributed by atoms with Gasteiger partial charge in [0.25, 0.3) is 11.8 Å². The number of thiazole rings is 1. The Bertz CT molecular complexity index is 928. The van der Waals surface area contributed by atoms with Crippen molar-refractivity contribution in [2.75, 3.05) is 25.2 Å². The smallest absolute Gasteiger partial charge is 0.355 e. The molecule has 0 aromatic carbocycles. The lowest BCUT2D eigenvalue weighted by molar-refractivity contribution is -0.157. The number of amides is 2. The van der Waals surface area contributed by atoms with Crippen LogP contribution in [0.1, 0.15) is 5.69 Å². The van der Waals surface area contributed by atoms with E-state index in [2.05, 4.69) is 25.0 Å². The molecule has 2 aliphatic rings. The first-order valence-electron chi connectivity index (χ1n) is 8.00. The highest BCUT2D eigenvalue weighted by Crippen LogP contribution is 2.37. The summed E-state index contributed by atoms with van der Waals surface area (Å²) in [5.41, 5.74) is 5.57. The number of oxime groups is 1. The second-order valence-corrected chi connectivity index (χ2v) is 7.68. The molecule has 0 aliphatic carbocycles. The second kappa shape index (κ2) is 8.48. The first-order valence-corrected chi connectivity index (χ1v) is 9.93. The Labute approximate surface area is 171 Å². The third-order valence-corrected chi connectivity index (χ3v) is 5.69. The summed E-state index contributed by atoms with van der Waals surface area (Å²) in [6.07, 6.45) is 1.47. The number of nitrogen functional groups attached to an aromatic ring is 1. The van der Waals surface area contributed by atoms with Crippen molar-refractivity contribution in [3.63, 3.8) is 0 Å². The van der Waals surface area contributed by atoms with E-state index in [1.54, 1.807) is 0 Å². The van der Waals surface area contributed by atoms with Crippen LogP contribution in [0.25, 0.3) is 0 Å². The van der Waals surface area contributed by atoms with Crippen molar-refractivity contribution in [3.8, 4) is 0 Å². The van der Waals surface area contributed by atoms with Crippen molar-refractivity contribution in [1.82, 2.24) is 15.2 Å². The number of ether oxygens (including phenoxy) is 1. The van der Waals surface area contributed by atoms with Gasteiger partial charge in [0, 0.05) is 11.1 Å². The van der Waals surface area contributed by atoms with Crippen molar-refractivity contribution in [1.29, 1.82) is 0 Å². The maximum Gasteiger partial charge on any atom is 0.355 e. The molecule has 0 radical (unpaired) electrons. The number of esters is 1. The van der Waals surface area contributed by atoms with Crippen LogP contribution in [-0.4, -0.2) is 75.3 Å². The zero-order valence-electron chi connectivity index (χ0n) is 14.9. The van der Waals surface area contributed by atoms with E-state index in [0.29, 0.717) is 5.75 Å². The van der Waals surface area contributed by atoms with Gasteiger partial charge in [-0.3, -0.25) is 14.5 Å². The number of nitrogens with one attached hydrogen (secondary N) is 1. The molecule has 14 heteroatoms. The van der Waals surface area contributed by atoms with E-state index in [1.807, 2.05) is 0 Å². The zero-order chi connectivity index (χ0) is 21.1. The number of nitrogens with two attached hydrogens (primary N) is 1. The van der Waals surface area contributed by atoms with Crippen molar-refractivity contribution in [2.24, 2.45) is 5.16 Å². The number of β-lactam (4-membered cyclic amide) rings is 1. The highest BCUT2D eigenvalue weighted by molar-refractivity contribution is 8.00. The minimum Gasteiger partial charge on any atom is -0.479 e. The Kier molecular flexibility index (Phi) is 6.03. The Morgan fingerprint density at radius 1 is 1.48 bits per heavy atom. The van der Waals surface area contributed by atoms with Crippen molar-refractivity contribution >= 4 is 57.7 Å². The van der Waals surface area contributed by atoms with E-state index >= 15 is 0 Å². The molecule has 0 saturated carbocycles. The maximum atomic E-state index is 12.6. The number of carboxylic acid groups (broad SMARTS) is 1. The van der Waals surface area contributed by atoms with Crippen LogP contribution in [0.2, 0.25) is 0 Å². The fourth-order valence-corrected chi connectivity index (χ4v) is 4.37. The van der Waals surface area contributed by atoms with Crippen LogP contribution >= 0.6 is 23.1 Å². The van der Waals surface area contributed by atoms with Gasteiger partial charge in [0.1, 0.15) is 29.9 Å². The monoisotopic (exact) mass is 441 g/mol. The SMILES string of the molecule is CON=C(C(=O)NC1C(=O)N2C(C(=O)OCC(=O)O)=CCS[C@@H]12)c1csc(N)n1. The average Bonchev–Trinajstić information content (AvgIpc) is 3.13. The summed E-state index contributed by atoms with van der Waals surface area (Å²) in [6, 6.07) is -0.915. The number of rotatable bonds is 7. The largest absolute Gasteiger partial charge is 0.479 e. The van der Waals surface area contributed by atoms with Crippen LogP contribution in [0.4, 0.5) is 5.13 Å². The van der Waals surface area contributed by atoms with E-state index in [-0.39, 0.29) is 22.2 Å². The van der Waals surface area contributed by atoms with Crippen molar-refractivity contribution in [2.45, 2.75) is 11.4 Å². The Morgan fingerprint density at radius 3 is 2.86 bits per heavy atom. The third-order valence-electron chi connectivity index (χ3n) is 3.83. The molecule has 1 aromatic rings. The van der Waals surface area contributed by atoms with Gasteiger partial charge in [-0.1, -0.05) is 5.16 Å². The fraction of sp³-hybridized carbons (Fsp3) is 0.333. The standard InChI is InChI=1S/C15H15N5O7S2/c1-26-19-9(6-5-29-15(16)17-6)11(23)18-10-12(24)20-7(2-3-28-13(10)20)14(25)27-4-8(21)22/h2,5,10,13H,3-4H2,1H3,(H2,16,17)(H,18,23)(H,21,22)/t10?,13-/m0/s1. The van der Waals surface area contributed by atoms with Crippen LogP contribution in [0.3, 0.4) is 0 Å². The van der Waals surface area contributed by atoms with Gasteiger partial charge in [-0.05, 0) is 6.08 Å². The summed E-state index contributed by atoms with van der Waals surface area (Å²) in [5, 5.41) is 16.0. The van der Waals surface area contributed by atoms with Gasteiger partial charge in [0.15, 0.2) is 17.5 Å². The van der Waals surface area contributed by atoms with Crippen molar-refractivity contribution in [3.05, 3.63) is 22.8 Å². The van der Waals surface area contributed by atoms with Gasteiger partial charge in [0.05, 0.1) is 0 Å². The number of carbonyl (C=O) groups excluding carboxylic acids is 3. The molecule has 1 saturated heterocycles. The molecule has 2 amide bonds. The summed E-state index contributed by atoms with van der Waals surface area (Å²) in [5.74, 6) is -3.09. The number of hydrogen-bond acceptors (Lipinski definition) is 11. The first-order chi connectivity index (χ1) is 13.8. The summed E-state index contributed by atoms with van der Waals surface area (Å²) in [7, 11) is 1.26. The van der Waals surface area contributed by atoms with Gasteiger partial charge in [-0.25, -0.2) is 14.6 Å². The normalized spacial score (nSPS) is 20.9. The quantitative estimate of drug-likeness (QED) is 0.206. The Hall–Kier alpha value is -3.13. The third kappa shape index (κ3) is 4.17. The molecule has 1 fully saturated rings. The first kappa shape index (κ1) is 20.6. The molecule has 0 spiro atoms. The number of aromatic nitrogens is 1. The van der Waals surface area contributed by atoms with Crippen LogP contribution < -0.4 is 11.1 Å². The predicted molar refractivity (Wildman–Crippen MR) is 102 cm³/mol. The topological polar surface area (TPSA) is 174 Å². The molecule has 0 bridgehead atoms. The zero-order valence-corrected chi connectivity index (χ0v) is 16.5. The van der Waals surface area contributed by atoms with Crippen LogP contribution in [0.15, 0.2) is 22.3 Å². The van der Waals surface area contributed by atoms with Crippen LogP contribution in [0, 0.1) is 0 Å². The van der Waals surface area contributed by atoms with Crippen LogP contribution in [-0.2, 0) is 28.8 Å². The fourth-order valence-electron chi connectivity index (χ4n) is 2.63. The molecule has 154 valence electrons. The molecule has 1 aromatic heterocycles. The summed E-state index contributed by atoms with van der Waals surface area (Å²) in [4.78, 5) is 57.6. The number of carbonyl (C=O) groups is 4. The minimum absolute atomic E-state index is 0.0523. The lowest BCUT2D eigenvalue weighted by Crippen LogP contribution is -2.70. The minimum atomic E-state index is -1.31. The average molecular weight is 441 g/mol. The van der Waals surface area contributed by atoms with Gasteiger partial charge in [-0.2, -0.15) is 0 Å². The van der Waals surface area contributed by atoms with E-state index in [0.717, 1.165) is 16.2 Å². The summed E-state index contributed by atoms with van der Waals surface area (Å²) < 4.78 is 4.64. The number of nitrogens with zero attached hydrogens (tertiary/aromatic N) is 3. The van der Waals surface area contributed by atoms with E-state index in [9.17, 15) is 19.2 Å². The number of carboxylic acids is 1. The lowest BCUT2D eigenvalue weighted by Gasteiger charge is -2.48. The van der Waals surface area contributed by atoms with Gasteiger partial charge < -0.3 is 25.7 Å². The highest BCUT2D eigenvalue weighted by atomic mass is 32.2. The molecule has 4 N–H and O–H groups in total. The molecule has 29 heavy (non-hydrogen) atoms. The Morgan fingerprint density at radius 2 is 2.24 bits per heavy atom. The number of anilines is 1. The molecule has 12 nitrogen and oxygen atoms in total. The number of aliphatic carboxylic acids is 1. The predicted octanol–water partition coefficient (Wildman–Crippen LogP) is -1.01. The summed E-state index contributed by atoms with van der Waals surface area (Å²) >= 11 is 2.44.